The summed E-state index contributed by atoms with van der Waals surface area (Å²) in [5.74, 6) is 5.20. The van der Waals surface area contributed by atoms with E-state index in [2.05, 4.69) is 5.43 Å². The van der Waals surface area contributed by atoms with Crippen LogP contribution in [-0.2, 0) is 10.0 Å². The zero-order valence-corrected chi connectivity index (χ0v) is 11.9. The Morgan fingerprint density at radius 3 is 2.81 bits per heavy atom. The Kier molecular flexibility index (Phi) is 4.42. The van der Waals surface area contributed by atoms with Crippen molar-refractivity contribution < 1.29 is 18.4 Å². The molecule has 0 saturated carbocycles. The Hall–Kier alpha value is -1.75. The molecule has 4 N–H and O–H groups in total. The number of sulfonamides is 1. The van der Waals surface area contributed by atoms with Gasteiger partial charge in [0.15, 0.2) is 0 Å². The summed E-state index contributed by atoms with van der Waals surface area (Å²) in [6.45, 7) is 0.0597. The van der Waals surface area contributed by atoms with Gasteiger partial charge in [0.25, 0.3) is 5.69 Å². The van der Waals surface area contributed by atoms with Crippen LogP contribution in [0.15, 0.2) is 23.1 Å². The number of nitro groups is 1. The molecule has 1 aliphatic heterocycles. The molecule has 0 amide bonds. The van der Waals surface area contributed by atoms with Crippen LogP contribution in [0.4, 0.5) is 11.4 Å². The fraction of sp³-hybridized carbons (Fsp3) is 0.455. The van der Waals surface area contributed by atoms with Crippen molar-refractivity contribution in [1.82, 2.24) is 4.31 Å². The molecule has 10 heteroatoms. The number of nitrogen functional groups attached to an aromatic ring is 1. The minimum Gasteiger partial charge on any atom is -0.395 e. The normalized spacial score (nSPS) is 19.6. The topological polar surface area (TPSA) is 139 Å². The Labute approximate surface area is 121 Å². The van der Waals surface area contributed by atoms with Gasteiger partial charge in [-0.15, -0.1) is 0 Å². The first kappa shape index (κ1) is 15.6. The maximum absolute atomic E-state index is 12.5. The Morgan fingerprint density at radius 1 is 1.52 bits per heavy atom. The summed E-state index contributed by atoms with van der Waals surface area (Å²) in [4.78, 5) is 10.1. The number of aliphatic hydroxyl groups is 1. The molecule has 0 bridgehead atoms. The van der Waals surface area contributed by atoms with Crippen molar-refractivity contribution in [3.8, 4) is 0 Å². The zero-order chi connectivity index (χ0) is 15.6. The van der Waals surface area contributed by atoms with Gasteiger partial charge in [-0.3, -0.25) is 16.0 Å². The standard InChI is InChI=1S/C11H16N4O5S/c12-13-10-6-9(3-4-11(10)15(17)18)21(19,20)14-5-1-2-8(14)7-16/h3-4,6,8,13,16H,1-2,5,7,12H2. The molecule has 0 aliphatic carbocycles. The highest BCUT2D eigenvalue weighted by Gasteiger charge is 2.35. The molecule has 0 radical (unpaired) electrons. The first-order valence-electron chi connectivity index (χ1n) is 6.29. The van der Waals surface area contributed by atoms with E-state index in [4.69, 9.17) is 5.84 Å². The number of nitro benzene ring substituents is 1. The number of hydrogen-bond donors (Lipinski definition) is 3. The molecule has 1 atom stereocenters. The largest absolute Gasteiger partial charge is 0.395 e. The number of hydrazine groups is 1. The summed E-state index contributed by atoms with van der Waals surface area (Å²) in [6, 6.07) is 2.92. The Balaban J connectivity index is 2.43. The van der Waals surface area contributed by atoms with Crippen LogP contribution in [0.2, 0.25) is 0 Å². The van der Waals surface area contributed by atoms with Gasteiger partial charge in [0.1, 0.15) is 5.69 Å². The lowest BCUT2D eigenvalue weighted by molar-refractivity contribution is -0.384. The lowest BCUT2D eigenvalue weighted by Gasteiger charge is -2.22. The number of aliphatic hydroxyl groups excluding tert-OH is 1. The van der Waals surface area contributed by atoms with Crippen LogP contribution in [0.5, 0.6) is 0 Å². The van der Waals surface area contributed by atoms with Crippen molar-refractivity contribution in [3.05, 3.63) is 28.3 Å². The second-order valence-electron chi connectivity index (χ2n) is 4.67. The van der Waals surface area contributed by atoms with Crippen LogP contribution in [0.25, 0.3) is 0 Å². The second-order valence-corrected chi connectivity index (χ2v) is 6.57. The third kappa shape index (κ3) is 2.83. The molecule has 21 heavy (non-hydrogen) atoms. The van der Waals surface area contributed by atoms with E-state index in [0.29, 0.717) is 19.4 Å². The molecule has 9 nitrogen and oxygen atoms in total. The van der Waals surface area contributed by atoms with Gasteiger partial charge in [-0.2, -0.15) is 4.31 Å². The average Bonchev–Trinajstić information content (AvgIpc) is 2.95. The van der Waals surface area contributed by atoms with E-state index in [-0.39, 0.29) is 22.9 Å². The van der Waals surface area contributed by atoms with Gasteiger partial charge in [-0.05, 0) is 25.0 Å². The molecule has 1 aromatic carbocycles. The quantitative estimate of drug-likeness (QED) is 0.395. The molecule has 0 aromatic heterocycles. The van der Waals surface area contributed by atoms with Gasteiger partial charge in [0.05, 0.1) is 16.4 Å². The monoisotopic (exact) mass is 316 g/mol. The van der Waals surface area contributed by atoms with Crippen molar-refractivity contribution in [2.24, 2.45) is 5.84 Å². The van der Waals surface area contributed by atoms with Crippen LogP contribution in [0.1, 0.15) is 12.8 Å². The van der Waals surface area contributed by atoms with Crippen LogP contribution in [0, 0.1) is 10.1 Å². The third-order valence-electron chi connectivity index (χ3n) is 3.46. The SMILES string of the molecule is NNc1cc(S(=O)(=O)N2CCCC2CO)ccc1[N+](=O)[O-]. The number of nitrogens with one attached hydrogen (secondary N) is 1. The highest BCUT2D eigenvalue weighted by Crippen LogP contribution is 2.31. The van der Waals surface area contributed by atoms with E-state index in [9.17, 15) is 23.6 Å². The highest BCUT2D eigenvalue weighted by molar-refractivity contribution is 7.89. The van der Waals surface area contributed by atoms with Crippen LogP contribution < -0.4 is 11.3 Å². The summed E-state index contributed by atoms with van der Waals surface area (Å²) in [6.07, 6.45) is 1.25. The number of nitrogens with zero attached hydrogens (tertiary/aromatic N) is 2. The van der Waals surface area contributed by atoms with Crippen LogP contribution in [0.3, 0.4) is 0 Å². The van der Waals surface area contributed by atoms with E-state index in [1.165, 1.54) is 10.4 Å². The molecule has 116 valence electrons. The van der Waals surface area contributed by atoms with E-state index >= 15 is 0 Å². The summed E-state index contributed by atoms with van der Waals surface area (Å²) in [5, 5.41) is 20.0. The van der Waals surface area contributed by atoms with Crippen molar-refractivity contribution >= 4 is 21.4 Å². The average molecular weight is 316 g/mol. The molecule has 1 fully saturated rings. The number of nitrogens with two attached hydrogens (primary N) is 1. The molecule has 1 unspecified atom stereocenters. The van der Waals surface area contributed by atoms with Gasteiger partial charge >= 0.3 is 0 Å². The predicted octanol–water partition coefficient (Wildman–Crippen LogP) is 0.0258. The smallest absolute Gasteiger partial charge is 0.293 e. The van der Waals surface area contributed by atoms with E-state index < -0.39 is 21.0 Å². The van der Waals surface area contributed by atoms with Crippen LogP contribution in [-0.4, -0.2) is 41.9 Å². The fourth-order valence-corrected chi connectivity index (χ4v) is 4.11. The van der Waals surface area contributed by atoms with Gasteiger partial charge < -0.3 is 10.5 Å². The van der Waals surface area contributed by atoms with Gasteiger partial charge in [-0.1, -0.05) is 0 Å². The lowest BCUT2D eigenvalue weighted by atomic mass is 10.2. The molecular formula is C11H16N4O5S. The number of hydrogen-bond acceptors (Lipinski definition) is 7. The molecule has 1 aliphatic rings. The first-order valence-corrected chi connectivity index (χ1v) is 7.73. The van der Waals surface area contributed by atoms with Crippen molar-refractivity contribution in [3.63, 3.8) is 0 Å². The minimum absolute atomic E-state index is 0.0826. The first-order chi connectivity index (χ1) is 9.91. The van der Waals surface area contributed by atoms with Crippen molar-refractivity contribution in [1.29, 1.82) is 0 Å². The third-order valence-corrected chi connectivity index (χ3v) is 5.41. The minimum atomic E-state index is -3.82. The van der Waals surface area contributed by atoms with Crippen LogP contribution >= 0.6 is 0 Å². The van der Waals surface area contributed by atoms with Gasteiger partial charge in [0, 0.05) is 18.7 Å². The number of benzene rings is 1. The molecular weight excluding hydrogens is 300 g/mol. The van der Waals surface area contributed by atoms with Gasteiger partial charge in [-0.25, -0.2) is 8.42 Å². The number of rotatable bonds is 5. The van der Waals surface area contributed by atoms with E-state index in [1.807, 2.05) is 0 Å². The summed E-state index contributed by atoms with van der Waals surface area (Å²) >= 11 is 0. The van der Waals surface area contributed by atoms with Gasteiger partial charge in [0.2, 0.25) is 10.0 Å². The maximum atomic E-state index is 12.5. The van der Waals surface area contributed by atoms with E-state index in [1.54, 1.807) is 0 Å². The summed E-state index contributed by atoms with van der Waals surface area (Å²) in [7, 11) is -3.82. The van der Waals surface area contributed by atoms with Crippen molar-refractivity contribution in [2.45, 2.75) is 23.8 Å². The molecule has 1 aromatic rings. The maximum Gasteiger partial charge on any atom is 0.293 e. The lowest BCUT2D eigenvalue weighted by Crippen LogP contribution is -2.37. The second kappa shape index (κ2) is 5.93. The highest BCUT2D eigenvalue weighted by atomic mass is 32.2. The predicted molar refractivity (Wildman–Crippen MR) is 74.9 cm³/mol. The molecule has 2 rings (SSSR count). The molecule has 0 spiro atoms. The summed E-state index contributed by atoms with van der Waals surface area (Å²) in [5.41, 5.74) is 1.74. The zero-order valence-electron chi connectivity index (χ0n) is 11.1. The Morgan fingerprint density at radius 2 is 2.24 bits per heavy atom. The van der Waals surface area contributed by atoms with E-state index in [0.717, 1.165) is 12.1 Å². The molecule has 1 saturated heterocycles. The number of anilines is 1. The Bertz CT molecular complexity index is 648. The fourth-order valence-electron chi connectivity index (χ4n) is 2.39. The summed E-state index contributed by atoms with van der Waals surface area (Å²) < 4.78 is 26.3. The molecule has 1 heterocycles. The van der Waals surface area contributed by atoms with Crippen molar-refractivity contribution in [2.75, 3.05) is 18.6 Å².